The number of hydrogen-bond acceptors (Lipinski definition) is 3. The van der Waals surface area contributed by atoms with Gasteiger partial charge in [-0.2, -0.15) is 0 Å². The van der Waals surface area contributed by atoms with Crippen molar-refractivity contribution in [3.63, 3.8) is 0 Å². The average molecular weight is 282 g/mol. The van der Waals surface area contributed by atoms with E-state index < -0.39 is 5.60 Å². The molecule has 1 amide bonds. The zero-order chi connectivity index (χ0) is 14.6. The molecule has 20 heavy (non-hydrogen) atoms. The molecule has 0 aromatic rings. The highest BCUT2D eigenvalue weighted by atomic mass is 16.6. The molecule has 116 valence electrons. The molecule has 0 bridgehead atoms. The van der Waals surface area contributed by atoms with Gasteiger partial charge in [-0.15, -0.1) is 0 Å². The molecule has 0 aromatic carbocycles. The number of ether oxygens (including phenoxy) is 1. The number of nitrogens with one attached hydrogen (secondary N) is 1. The fourth-order valence-corrected chi connectivity index (χ4v) is 2.91. The van der Waals surface area contributed by atoms with Gasteiger partial charge in [-0.1, -0.05) is 19.3 Å². The third kappa shape index (κ3) is 4.97. The van der Waals surface area contributed by atoms with Crippen molar-refractivity contribution in [2.24, 2.45) is 5.92 Å². The van der Waals surface area contributed by atoms with E-state index in [0.29, 0.717) is 6.04 Å². The molecule has 1 aliphatic heterocycles. The molecule has 2 aliphatic rings. The second kappa shape index (κ2) is 6.79. The first-order chi connectivity index (χ1) is 9.44. The van der Waals surface area contributed by atoms with Crippen LogP contribution in [0.4, 0.5) is 4.79 Å². The number of rotatable bonds is 4. The number of likely N-dealkylation sites (tertiary alicyclic amines) is 1. The molecule has 1 aliphatic carbocycles. The first kappa shape index (κ1) is 15.6. The Labute approximate surface area is 123 Å². The van der Waals surface area contributed by atoms with E-state index in [0.717, 1.165) is 32.0 Å². The topological polar surface area (TPSA) is 41.6 Å². The van der Waals surface area contributed by atoms with Crippen LogP contribution in [-0.4, -0.2) is 42.3 Å². The van der Waals surface area contributed by atoms with Crippen molar-refractivity contribution in [3.8, 4) is 0 Å². The van der Waals surface area contributed by atoms with Crippen molar-refractivity contribution in [2.45, 2.75) is 70.9 Å². The van der Waals surface area contributed by atoms with Gasteiger partial charge < -0.3 is 15.0 Å². The van der Waals surface area contributed by atoms with Gasteiger partial charge >= 0.3 is 6.09 Å². The molecule has 1 N–H and O–H groups in total. The molecule has 1 atom stereocenters. The standard InChI is InChI=1S/C16H30N2O2/c1-16(2,3)20-15(19)18-11-5-8-14(12-18)17-10-9-13-6-4-7-13/h13-14,17H,4-12H2,1-3H3. The highest BCUT2D eigenvalue weighted by Gasteiger charge is 2.27. The smallest absolute Gasteiger partial charge is 0.410 e. The maximum atomic E-state index is 12.1. The number of carbonyl (C=O) groups is 1. The summed E-state index contributed by atoms with van der Waals surface area (Å²) in [6, 6.07) is 0.441. The first-order valence-electron chi connectivity index (χ1n) is 8.15. The van der Waals surface area contributed by atoms with Crippen LogP contribution in [-0.2, 0) is 4.74 Å². The van der Waals surface area contributed by atoms with E-state index in [9.17, 15) is 4.79 Å². The lowest BCUT2D eigenvalue weighted by Crippen LogP contribution is -2.49. The minimum absolute atomic E-state index is 0.164. The van der Waals surface area contributed by atoms with Gasteiger partial charge in [0, 0.05) is 19.1 Å². The number of nitrogens with zero attached hydrogens (tertiary/aromatic N) is 1. The van der Waals surface area contributed by atoms with E-state index in [1.165, 1.54) is 32.1 Å². The van der Waals surface area contributed by atoms with E-state index in [2.05, 4.69) is 5.32 Å². The molecule has 2 rings (SSSR count). The molecular weight excluding hydrogens is 252 g/mol. The summed E-state index contributed by atoms with van der Waals surface area (Å²) in [5.41, 5.74) is -0.401. The van der Waals surface area contributed by atoms with Gasteiger partial charge in [0.05, 0.1) is 0 Å². The molecule has 4 heteroatoms. The molecule has 1 saturated heterocycles. The molecule has 2 fully saturated rings. The van der Waals surface area contributed by atoms with Crippen LogP contribution in [0.3, 0.4) is 0 Å². The van der Waals surface area contributed by atoms with Crippen molar-refractivity contribution < 1.29 is 9.53 Å². The van der Waals surface area contributed by atoms with Crippen LogP contribution in [0.25, 0.3) is 0 Å². The number of piperidine rings is 1. The quantitative estimate of drug-likeness (QED) is 0.861. The Kier molecular flexibility index (Phi) is 5.30. The second-order valence-corrected chi connectivity index (χ2v) is 7.31. The summed E-state index contributed by atoms with van der Waals surface area (Å²) in [7, 11) is 0. The van der Waals surface area contributed by atoms with E-state index >= 15 is 0 Å². The fraction of sp³-hybridized carbons (Fsp3) is 0.938. The average Bonchev–Trinajstić information content (AvgIpc) is 2.30. The van der Waals surface area contributed by atoms with Gasteiger partial charge in [0.1, 0.15) is 5.60 Å². The highest BCUT2D eigenvalue weighted by Crippen LogP contribution is 2.28. The minimum atomic E-state index is -0.401. The van der Waals surface area contributed by atoms with Crippen LogP contribution >= 0.6 is 0 Å². The summed E-state index contributed by atoms with van der Waals surface area (Å²) in [5.74, 6) is 0.952. The Bertz CT molecular complexity index is 321. The van der Waals surface area contributed by atoms with Crippen LogP contribution in [0, 0.1) is 5.92 Å². The monoisotopic (exact) mass is 282 g/mol. The molecule has 0 spiro atoms. The third-order valence-corrected chi connectivity index (χ3v) is 4.28. The van der Waals surface area contributed by atoms with Crippen molar-refractivity contribution in [1.82, 2.24) is 10.2 Å². The third-order valence-electron chi connectivity index (χ3n) is 4.28. The molecule has 1 heterocycles. The normalized spacial score (nSPS) is 24.4. The maximum Gasteiger partial charge on any atom is 0.410 e. The summed E-state index contributed by atoms with van der Waals surface area (Å²) < 4.78 is 5.45. The molecule has 1 saturated carbocycles. The molecule has 0 aromatic heterocycles. The largest absolute Gasteiger partial charge is 0.444 e. The van der Waals surface area contributed by atoms with E-state index in [1.54, 1.807) is 0 Å². The fourth-order valence-electron chi connectivity index (χ4n) is 2.91. The van der Waals surface area contributed by atoms with Crippen molar-refractivity contribution in [3.05, 3.63) is 0 Å². The van der Waals surface area contributed by atoms with Crippen molar-refractivity contribution >= 4 is 6.09 Å². The lowest BCUT2D eigenvalue weighted by Gasteiger charge is -2.35. The SMILES string of the molecule is CC(C)(C)OC(=O)N1CCCC(NCCC2CCC2)C1. The lowest BCUT2D eigenvalue weighted by atomic mass is 9.83. The molecule has 4 nitrogen and oxygen atoms in total. The van der Waals surface area contributed by atoms with Crippen molar-refractivity contribution in [1.29, 1.82) is 0 Å². The highest BCUT2D eigenvalue weighted by molar-refractivity contribution is 5.68. The van der Waals surface area contributed by atoms with Gasteiger partial charge in [0.15, 0.2) is 0 Å². The summed E-state index contributed by atoms with van der Waals surface area (Å²) in [5, 5.41) is 3.62. The first-order valence-corrected chi connectivity index (χ1v) is 8.15. The van der Waals surface area contributed by atoms with Gasteiger partial charge in [0.25, 0.3) is 0 Å². The number of carbonyl (C=O) groups excluding carboxylic acids is 1. The van der Waals surface area contributed by atoms with E-state index in [-0.39, 0.29) is 6.09 Å². The van der Waals surface area contributed by atoms with Crippen LogP contribution in [0.5, 0.6) is 0 Å². The molecule has 1 unspecified atom stereocenters. The van der Waals surface area contributed by atoms with E-state index in [4.69, 9.17) is 4.74 Å². The van der Waals surface area contributed by atoms with Crippen LogP contribution in [0.2, 0.25) is 0 Å². The Hall–Kier alpha value is -0.770. The molecule has 0 radical (unpaired) electrons. The summed E-state index contributed by atoms with van der Waals surface area (Å²) in [6.45, 7) is 8.47. The Morgan fingerprint density at radius 3 is 2.60 bits per heavy atom. The van der Waals surface area contributed by atoms with Gasteiger partial charge in [-0.25, -0.2) is 4.79 Å². The van der Waals surface area contributed by atoms with Gasteiger partial charge in [0.2, 0.25) is 0 Å². The predicted octanol–water partition coefficient (Wildman–Crippen LogP) is 3.17. The number of hydrogen-bond donors (Lipinski definition) is 1. The molecular formula is C16H30N2O2. The van der Waals surface area contributed by atoms with Crippen LogP contribution in [0.1, 0.15) is 59.3 Å². The Morgan fingerprint density at radius 2 is 2.00 bits per heavy atom. The lowest BCUT2D eigenvalue weighted by molar-refractivity contribution is 0.0187. The van der Waals surface area contributed by atoms with Crippen LogP contribution in [0.15, 0.2) is 0 Å². The van der Waals surface area contributed by atoms with E-state index in [1.807, 2.05) is 25.7 Å². The van der Waals surface area contributed by atoms with Crippen LogP contribution < -0.4 is 5.32 Å². The predicted molar refractivity (Wildman–Crippen MR) is 80.8 cm³/mol. The maximum absolute atomic E-state index is 12.1. The summed E-state index contributed by atoms with van der Waals surface area (Å²) in [6.07, 6.45) is 7.61. The Morgan fingerprint density at radius 1 is 1.25 bits per heavy atom. The van der Waals surface area contributed by atoms with Gasteiger partial charge in [-0.05, 0) is 52.5 Å². The van der Waals surface area contributed by atoms with Crippen molar-refractivity contribution in [2.75, 3.05) is 19.6 Å². The zero-order valence-electron chi connectivity index (χ0n) is 13.3. The minimum Gasteiger partial charge on any atom is -0.444 e. The second-order valence-electron chi connectivity index (χ2n) is 7.31. The zero-order valence-corrected chi connectivity index (χ0v) is 13.3. The Balaban J connectivity index is 1.69. The van der Waals surface area contributed by atoms with Gasteiger partial charge in [-0.3, -0.25) is 0 Å². The number of amides is 1. The summed E-state index contributed by atoms with van der Waals surface area (Å²) in [4.78, 5) is 13.9. The summed E-state index contributed by atoms with van der Waals surface area (Å²) >= 11 is 0.